The van der Waals surface area contributed by atoms with Gasteiger partial charge in [0.25, 0.3) is 0 Å². The number of carbonyl (C=O) groups excluding carboxylic acids is 4. The molecule has 0 aromatic heterocycles. The Labute approximate surface area is 549 Å². The van der Waals surface area contributed by atoms with Crippen molar-refractivity contribution in [3.8, 4) is 0 Å². The van der Waals surface area contributed by atoms with E-state index in [1.54, 1.807) is 0 Å². The summed E-state index contributed by atoms with van der Waals surface area (Å²) in [5.41, 5.74) is 0. The maximum atomic E-state index is 13.0. The zero-order valence-corrected chi connectivity index (χ0v) is 60.2. The molecule has 0 fully saturated rings. The molecular formula is C71H138O17P2. The summed E-state index contributed by atoms with van der Waals surface area (Å²) >= 11 is 0. The van der Waals surface area contributed by atoms with Gasteiger partial charge < -0.3 is 33.8 Å². The van der Waals surface area contributed by atoms with Gasteiger partial charge in [-0.1, -0.05) is 311 Å². The molecule has 0 aliphatic rings. The van der Waals surface area contributed by atoms with Crippen molar-refractivity contribution in [2.24, 2.45) is 11.8 Å². The highest BCUT2D eigenvalue weighted by Gasteiger charge is 2.30. The lowest BCUT2D eigenvalue weighted by Crippen LogP contribution is -2.30. The minimum absolute atomic E-state index is 0.105. The van der Waals surface area contributed by atoms with Gasteiger partial charge in [-0.2, -0.15) is 0 Å². The fraction of sp³-hybridized carbons (Fsp3) is 0.944. The Morgan fingerprint density at radius 2 is 0.511 bits per heavy atom. The molecule has 0 aromatic carbocycles. The number of unbranched alkanes of at least 4 members (excludes halogenated alkanes) is 40. The average molecular weight is 1330 g/mol. The zero-order chi connectivity index (χ0) is 66.5. The van der Waals surface area contributed by atoms with Crippen molar-refractivity contribution in [3.05, 3.63) is 0 Å². The number of ether oxygens (including phenoxy) is 4. The number of aliphatic hydroxyl groups is 1. The molecule has 0 rings (SSSR count). The minimum atomic E-state index is -4.95. The van der Waals surface area contributed by atoms with Gasteiger partial charge in [-0.25, -0.2) is 9.13 Å². The lowest BCUT2D eigenvalue weighted by molar-refractivity contribution is -0.161. The van der Waals surface area contributed by atoms with Crippen molar-refractivity contribution >= 4 is 39.5 Å². The molecule has 5 atom stereocenters. The molecule has 3 N–H and O–H groups in total. The van der Waals surface area contributed by atoms with E-state index in [0.717, 1.165) is 102 Å². The van der Waals surface area contributed by atoms with Gasteiger partial charge in [0.05, 0.1) is 26.4 Å². The van der Waals surface area contributed by atoms with E-state index in [0.29, 0.717) is 25.7 Å². The molecule has 0 heterocycles. The second kappa shape index (κ2) is 63.1. The number of phosphoric ester groups is 2. The van der Waals surface area contributed by atoms with Crippen molar-refractivity contribution in [1.29, 1.82) is 0 Å². The Balaban J connectivity index is 5.24. The van der Waals surface area contributed by atoms with E-state index < -0.39 is 97.5 Å². The van der Waals surface area contributed by atoms with Crippen LogP contribution in [0.5, 0.6) is 0 Å². The van der Waals surface area contributed by atoms with Crippen molar-refractivity contribution < 1.29 is 80.2 Å². The van der Waals surface area contributed by atoms with E-state index in [9.17, 15) is 43.2 Å². The molecule has 0 saturated carbocycles. The summed E-state index contributed by atoms with van der Waals surface area (Å²) in [6.45, 7) is 9.53. The van der Waals surface area contributed by atoms with Gasteiger partial charge in [-0.05, 0) is 37.5 Å². The van der Waals surface area contributed by atoms with Gasteiger partial charge in [-0.3, -0.25) is 37.3 Å². The van der Waals surface area contributed by atoms with Crippen molar-refractivity contribution in [2.75, 3.05) is 39.6 Å². The van der Waals surface area contributed by atoms with E-state index in [4.69, 9.17) is 37.0 Å². The maximum absolute atomic E-state index is 13.0. The first kappa shape index (κ1) is 88.1. The highest BCUT2D eigenvalue weighted by atomic mass is 31.2. The van der Waals surface area contributed by atoms with Crippen LogP contribution in [-0.2, 0) is 65.4 Å². The predicted molar refractivity (Wildman–Crippen MR) is 363 cm³/mol. The summed E-state index contributed by atoms with van der Waals surface area (Å²) in [7, 11) is -9.90. The van der Waals surface area contributed by atoms with Crippen LogP contribution in [0.3, 0.4) is 0 Å². The van der Waals surface area contributed by atoms with Crippen molar-refractivity contribution in [1.82, 2.24) is 0 Å². The van der Waals surface area contributed by atoms with Crippen LogP contribution in [0.15, 0.2) is 0 Å². The van der Waals surface area contributed by atoms with Crippen LogP contribution in [0, 0.1) is 11.8 Å². The van der Waals surface area contributed by atoms with Gasteiger partial charge >= 0.3 is 39.5 Å². The van der Waals surface area contributed by atoms with Gasteiger partial charge in [0.1, 0.15) is 19.3 Å². The standard InChI is InChI=1S/C71H138O17P2/c1-7-9-11-13-15-17-18-19-20-21-24-31-37-43-49-55-70(75)87-67(60-82-69(74)54-48-42-36-30-25-22-23-28-33-39-45-51-63(3)4)62-86-90(79,80)84-58-65(72)57-83-89(77,78)85-61-66(59-81-68(73)53-47-41-35-27-16-14-12-10-8-2)88-71(76)56-50-44-38-32-26-29-34-40-46-52-64(5)6/h63-67,72H,7-62H2,1-6H3,(H,77,78)(H,79,80)/t65-,66+,67+/m0/s1. The van der Waals surface area contributed by atoms with Crippen LogP contribution in [0.25, 0.3) is 0 Å². The molecule has 2 unspecified atom stereocenters. The number of hydrogen-bond donors (Lipinski definition) is 3. The Hall–Kier alpha value is -1.94. The van der Waals surface area contributed by atoms with E-state index in [1.807, 2.05) is 0 Å². The van der Waals surface area contributed by atoms with Gasteiger partial charge in [-0.15, -0.1) is 0 Å². The lowest BCUT2D eigenvalue weighted by Gasteiger charge is -2.21. The summed E-state index contributed by atoms with van der Waals surface area (Å²) in [5, 5.41) is 10.6. The molecule has 0 spiro atoms. The van der Waals surface area contributed by atoms with Crippen molar-refractivity contribution in [2.45, 2.75) is 381 Å². The number of esters is 4. The second-order valence-corrected chi connectivity index (χ2v) is 29.5. The number of phosphoric acid groups is 2. The summed E-state index contributed by atoms with van der Waals surface area (Å²) in [5.74, 6) is -0.615. The third-order valence-corrected chi connectivity index (χ3v) is 18.4. The normalized spacial score (nSPS) is 14.1. The largest absolute Gasteiger partial charge is 0.472 e. The summed E-state index contributed by atoms with van der Waals surface area (Å²) < 4.78 is 68.3. The van der Waals surface area contributed by atoms with Crippen LogP contribution in [0.1, 0.15) is 363 Å². The number of aliphatic hydroxyl groups excluding tert-OH is 1. The molecule has 17 nitrogen and oxygen atoms in total. The molecular weight excluding hydrogens is 1190 g/mol. The van der Waals surface area contributed by atoms with Gasteiger partial charge in [0.2, 0.25) is 0 Å². The topological polar surface area (TPSA) is 237 Å². The Morgan fingerprint density at radius 3 is 0.756 bits per heavy atom. The molecule has 0 saturated heterocycles. The van der Waals surface area contributed by atoms with Crippen LogP contribution in [0.2, 0.25) is 0 Å². The van der Waals surface area contributed by atoms with Crippen LogP contribution in [-0.4, -0.2) is 96.7 Å². The van der Waals surface area contributed by atoms with E-state index in [1.165, 1.54) is 180 Å². The first-order valence-corrected chi connectivity index (χ1v) is 40.0. The zero-order valence-electron chi connectivity index (χ0n) is 58.4. The van der Waals surface area contributed by atoms with Crippen LogP contribution in [0.4, 0.5) is 0 Å². The summed E-state index contributed by atoms with van der Waals surface area (Å²) in [6.07, 6.45) is 48.5. The Bertz CT molecular complexity index is 1750. The van der Waals surface area contributed by atoms with Crippen LogP contribution >= 0.6 is 15.6 Å². The average Bonchev–Trinajstić information content (AvgIpc) is 3.68. The Kier molecular flexibility index (Phi) is 61.8. The molecule has 19 heteroatoms. The molecule has 0 bridgehead atoms. The van der Waals surface area contributed by atoms with Gasteiger partial charge in [0.15, 0.2) is 12.2 Å². The minimum Gasteiger partial charge on any atom is -0.462 e. The highest BCUT2D eigenvalue weighted by molar-refractivity contribution is 7.47. The SMILES string of the molecule is CCCCCCCCCCCCCCCCCC(=O)O[C@H](COC(=O)CCCCCCCCCCCCCC(C)C)COP(=O)(O)OC[C@@H](O)COP(=O)(O)OC[C@@H](COC(=O)CCCCCCCCCCC)OC(=O)CCCCCCCCCCCC(C)C. The number of carbonyl (C=O) groups is 4. The third kappa shape index (κ3) is 64.8. The number of rotatable bonds is 70. The molecule has 0 radical (unpaired) electrons. The van der Waals surface area contributed by atoms with Crippen LogP contribution < -0.4 is 0 Å². The predicted octanol–water partition coefficient (Wildman–Crippen LogP) is 20.4. The smallest absolute Gasteiger partial charge is 0.462 e. The maximum Gasteiger partial charge on any atom is 0.472 e. The first-order chi connectivity index (χ1) is 43.4. The number of hydrogen-bond acceptors (Lipinski definition) is 15. The molecule has 0 aromatic rings. The highest BCUT2D eigenvalue weighted by Crippen LogP contribution is 2.45. The molecule has 0 aliphatic heterocycles. The van der Waals surface area contributed by atoms with Gasteiger partial charge in [0, 0.05) is 25.7 Å². The monoisotopic (exact) mass is 1320 g/mol. The summed E-state index contributed by atoms with van der Waals surface area (Å²) in [6, 6.07) is 0. The fourth-order valence-electron chi connectivity index (χ4n) is 10.8. The fourth-order valence-corrected chi connectivity index (χ4v) is 12.3. The molecule has 0 aliphatic carbocycles. The van der Waals surface area contributed by atoms with Crippen molar-refractivity contribution in [3.63, 3.8) is 0 Å². The molecule has 0 amide bonds. The molecule has 90 heavy (non-hydrogen) atoms. The van der Waals surface area contributed by atoms with E-state index in [-0.39, 0.29) is 25.7 Å². The first-order valence-electron chi connectivity index (χ1n) is 37.0. The Morgan fingerprint density at radius 1 is 0.300 bits per heavy atom. The lowest BCUT2D eigenvalue weighted by atomic mass is 10.0. The second-order valence-electron chi connectivity index (χ2n) is 26.6. The van der Waals surface area contributed by atoms with E-state index in [2.05, 4.69) is 41.5 Å². The van der Waals surface area contributed by atoms with E-state index >= 15 is 0 Å². The molecule has 534 valence electrons. The quantitative estimate of drug-likeness (QED) is 0.0222. The third-order valence-electron chi connectivity index (χ3n) is 16.5. The summed E-state index contributed by atoms with van der Waals surface area (Å²) in [4.78, 5) is 72.6.